The van der Waals surface area contributed by atoms with Crippen molar-refractivity contribution in [2.75, 3.05) is 0 Å². The maximum atomic E-state index is 11.3. The Labute approximate surface area is 129 Å². The van der Waals surface area contributed by atoms with Crippen molar-refractivity contribution in [1.82, 2.24) is 15.1 Å². The molecule has 1 aliphatic carbocycles. The van der Waals surface area contributed by atoms with Crippen molar-refractivity contribution in [1.29, 1.82) is 0 Å². The van der Waals surface area contributed by atoms with Crippen LogP contribution in [-0.4, -0.2) is 26.2 Å². The van der Waals surface area contributed by atoms with Gasteiger partial charge < -0.3 is 9.63 Å². The minimum absolute atomic E-state index is 0.214. The summed E-state index contributed by atoms with van der Waals surface area (Å²) in [5, 5.41) is 13.2. The van der Waals surface area contributed by atoms with Gasteiger partial charge in [0.15, 0.2) is 0 Å². The van der Waals surface area contributed by atoms with Crippen molar-refractivity contribution in [2.24, 2.45) is 11.8 Å². The topological polar surface area (TPSA) is 89.1 Å². The molecule has 1 fully saturated rings. The number of carbonyl (C=O) groups is 1. The zero-order valence-corrected chi connectivity index (χ0v) is 12.9. The summed E-state index contributed by atoms with van der Waals surface area (Å²) < 4.78 is 6.15. The average Bonchev–Trinajstić information content (AvgIpc) is 3.06. The average molecular weight is 352 g/mol. The quantitative estimate of drug-likeness (QED) is 0.913. The maximum Gasteiger partial charge on any atom is 0.307 e. The van der Waals surface area contributed by atoms with Crippen LogP contribution in [0.1, 0.15) is 31.6 Å². The van der Waals surface area contributed by atoms with Gasteiger partial charge >= 0.3 is 5.97 Å². The summed E-state index contributed by atoms with van der Waals surface area (Å²) in [4.78, 5) is 19.9. The predicted molar refractivity (Wildman–Crippen MR) is 77.5 cm³/mol. The smallest absolute Gasteiger partial charge is 0.307 e. The number of carboxylic acids is 1. The molecular formula is C14H14BrN3O3. The molecule has 0 radical (unpaired) electrons. The minimum Gasteiger partial charge on any atom is -0.481 e. The number of nitrogens with zero attached hydrogens (tertiary/aromatic N) is 3. The summed E-state index contributed by atoms with van der Waals surface area (Å²) in [7, 11) is 0. The predicted octanol–water partition coefficient (Wildman–Crippen LogP) is 3.11. The molecule has 110 valence electrons. The monoisotopic (exact) mass is 351 g/mol. The summed E-state index contributed by atoms with van der Waals surface area (Å²) in [5.41, 5.74) is 0.603. The van der Waals surface area contributed by atoms with Gasteiger partial charge in [0.25, 0.3) is 0 Å². The summed E-state index contributed by atoms with van der Waals surface area (Å²) >= 11 is 3.32. The van der Waals surface area contributed by atoms with E-state index in [1.807, 2.05) is 13.0 Å². The molecule has 1 saturated carbocycles. The number of carboxylic acid groups (broad SMARTS) is 1. The first kappa shape index (κ1) is 14.2. The van der Waals surface area contributed by atoms with Gasteiger partial charge in [-0.2, -0.15) is 4.98 Å². The van der Waals surface area contributed by atoms with E-state index in [0.29, 0.717) is 29.7 Å². The van der Waals surface area contributed by atoms with E-state index in [2.05, 4.69) is 31.1 Å². The molecule has 1 aliphatic rings. The third kappa shape index (κ3) is 2.83. The lowest BCUT2D eigenvalue weighted by atomic mass is 9.96. The highest BCUT2D eigenvalue weighted by Gasteiger charge is 2.41. The molecule has 2 aromatic rings. The van der Waals surface area contributed by atoms with Gasteiger partial charge in [0.1, 0.15) is 5.69 Å². The van der Waals surface area contributed by atoms with Gasteiger partial charge in [0.2, 0.25) is 11.7 Å². The summed E-state index contributed by atoms with van der Waals surface area (Å²) in [5.74, 6) is -0.337. The van der Waals surface area contributed by atoms with Crippen LogP contribution in [0.2, 0.25) is 0 Å². The number of pyridine rings is 1. The van der Waals surface area contributed by atoms with Crippen LogP contribution in [0.5, 0.6) is 0 Å². The molecule has 21 heavy (non-hydrogen) atoms. The second-order valence-corrected chi connectivity index (χ2v) is 6.36. The normalized spacial score (nSPS) is 25.1. The number of aromatic nitrogens is 3. The number of hydrogen-bond acceptors (Lipinski definition) is 5. The Kier molecular flexibility index (Phi) is 3.75. The van der Waals surface area contributed by atoms with Gasteiger partial charge in [-0.3, -0.25) is 9.78 Å². The van der Waals surface area contributed by atoms with Crippen molar-refractivity contribution >= 4 is 21.9 Å². The van der Waals surface area contributed by atoms with E-state index in [9.17, 15) is 9.90 Å². The van der Waals surface area contributed by atoms with Crippen LogP contribution < -0.4 is 0 Å². The van der Waals surface area contributed by atoms with Gasteiger partial charge in [0, 0.05) is 10.7 Å². The standard InChI is InChI=1S/C14H14BrN3O3/c1-7-4-9(10(5-7)14(19)20)13-17-12(18-21-13)11-3-2-8(15)6-16-11/h2-3,6-7,9-10H,4-5H2,1H3,(H,19,20). The van der Waals surface area contributed by atoms with Crippen molar-refractivity contribution in [3.8, 4) is 11.5 Å². The largest absolute Gasteiger partial charge is 0.481 e. The lowest BCUT2D eigenvalue weighted by Crippen LogP contribution is -2.17. The Hall–Kier alpha value is -1.76. The van der Waals surface area contributed by atoms with Crippen LogP contribution in [0.25, 0.3) is 11.5 Å². The molecule has 0 amide bonds. The fourth-order valence-electron chi connectivity index (χ4n) is 2.84. The molecule has 0 aliphatic heterocycles. The Balaban J connectivity index is 1.87. The Morgan fingerprint density at radius 2 is 2.24 bits per heavy atom. The van der Waals surface area contributed by atoms with Gasteiger partial charge in [-0.15, -0.1) is 0 Å². The Morgan fingerprint density at radius 3 is 2.90 bits per heavy atom. The summed E-state index contributed by atoms with van der Waals surface area (Å²) in [6.45, 7) is 2.05. The van der Waals surface area contributed by atoms with Gasteiger partial charge in [0.05, 0.1) is 11.8 Å². The summed E-state index contributed by atoms with van der Waals surface area (Å²) in [6, 6.07) is 3.63. The lowest BCUT2D eigenvalue weighted by molar-refractivity contribution is -0.142. The molecule has 3 atom stereocenters. The Morgan fingerprint density at radius 1 is 1.43 bits per heavy atom. The lowest BCUT2D eigenvalue weighted by Gasteiger charge is -2.09. The fraction of sp³-hybridized carbons (Fsp3) is 0.429. The molecule has 2 heterocycles. The van der Waals surface area contributed by atoms with E-state index in [-0.39, 0.29) is 5.92 Å². The van der Waals surface area contributed by atoms with E-state index in [4.69, 9.17) is 4.52 Å². The first-order chi connectivity index (χ1) is 10.0. The zero-order chi connectivity index (χ0) is 15.0. The first-order valence-electron chi connectivity index (χ1n) is 6.73. The molecule has 2 aromatic heterocycles. The number of halogens is 1. The van der Waals surface area contributed by atoms with Gasteiger partial charge in [-0.1, -0.05) is 12.1 Å². The van der Waals surface area contributed by atoms with E-state index < -0.39 is 11.9 Å². The van der Waals surface area contributed by atoms with E-state index in [1.165, 1.54) is 0 Å². The highest BCUT2D eigenvalue weighted by Crippen LogP contribution is 2.42. The van der Waals surface area contributed by atoms with Crippen molar-refractivity contribution in [2.45, 2.75) is 25.7 Å². The first-order valence-corrected chi connectivity index (χ1v) is 7.52. The second-order valence-electron chi connectivity index (χ2n) is 5.45. The number of aliphatic carboxylic acids is 1. The minimum atomic E-state index is -0.800. The third-order valence-corrected chi connectivity index (χ3v) is 4.30. The molecule has 7 heteroatoms. The molecular weight excluding hydrogens is 338 g/mol. The number of rotatable bonds is 3. The molecule has 1 N–H and O–H groups in total. The fourth-order valence-corrected chi connectivity index (χ4v) is 3.07. The molecule has 0 spiro atoms. The van der Waals surface area contributed by atoms with Crippen molar-refractivity contribution in [3.63, 3.8) is 0 Å². The van der Waals surface area contributed by atoms with Crippen LogP contribution in [0.4, 0.5) is 0 Å². The highest BCUT2D eigenvalue weighted by atomic mass is 79.9. The zero-order valence-electron chi connectivity index (χ0n) is 11.4. The van der Waals surface area contributed by atoms with E-state index >= 15 is 0 Å². The van der Waals surface area contributed by atoms with Crippen LogP contribution >= 0.6 is 15.9 Å². The van der Waals surface area contributed by atoms with Crippen LogP contribution in [0.3, 0.4) is 0 Å². The molecule has 0 saturated heterocycles. The van der Waals surface area contributed by atoms with Crippen LogP contribution in [0, 0.1) is 11.8 Å². The van der Waals surface area contributed by atoms with E-state index in [1.54, 1.807) is 12.3 Å². The number of hydrogen-bond donors (Lipinski definition) is 1. The van der Waals surface area contributed by atoms with Gasteiger partial charge in [-0.05, 0) is 46.8 Å². The molecule has 0 bridgehead atoms. The highest BCUT2D eigenvalue weighted by molar-refractivity contribution is 9.10. The van der Waals surface area contributed by atoms with Crippen molar-refractivity contribution in [3.05, 3.63) is 28.7 Å². The third-order valence-electron chi connectivity index (χ3n) is 3.83. The SMILES string of the molecule is CC1CC(C(=O)O)C(c2nc(-c3ccc(Br)cn3)no2)C1. The molecule has 3 rings (SSSR count). The summed E-state index contributed by atoms with van der Waals surface area (Å²) in [6.07, 6.45) is 3.06. The maximum absolute atomic E-state index is 11.3. The van der Waals surface area contributed by atoms with Gasteiger partial charge in [-0.25, -0.2) is 0 Å². The van der Waals surface area contributed by atoms with Crippen LogP contribution in [0.15, 0.2) is 27.3 Å². The molecule has 0 aromatic carbocycles. The Bertz CT molecular complexity index is 656. The molecule has 3 unspecified atom stereocenters. The van der Waals surface area contributed by atoms with Crippen LogP contribution in [-0.2, 0) is 4.79 Å². The van der Waals surface area contributed by atoms with Crippen molar-refractivity contribution < 1.29 is 14.4 Å². The second kappa shape index (κ2) is 5.55. The van der Waals surface area contributed by atoms with E-state index in [0.717, 1.165) is 10.9 Å². The molecule has 6 nitrogen and oxygen atoms in total.